The van der Waals surface area contributed by atoms with Crippen LogP contribution >= 0.6 is 0 Å². The average molecular weight is 284 g/mol. The number of fused-ring (bicyclic) bond motifs is 1. The Morgan fingerprint density at radius 1 is 0.857 bits per heavy atom. The molecule has 3 heteroatoms. The molecule has 0 bridgehead atoms. The van der Waals surface area contributed by atoms with Gasteiger partial charge in [0.05, 0.1) is 25.2 Å². The zero-order valence-electron chi connectivity index (χ0n) is 11.6. The molecular weight excluding hydrogens is 267 g/mol. The molecule has 21 heavy (non-hydrogen) atoms. The topological polar surface area (TPSA) is 18.5 Å². The minimum atomic E-state index is -1.44. The summed E-state index contributed by atoms with van der Waals surface area (Å²) in [5.41, 5.74) is 0.473. The molecule has 2 aromatic carbocycles. The van der Waals surface area contributed by atoms with E-state index in [4.69, 9.17) is 9.47 Å². The summed E-state index contributed by atoms with van der Waals surface area (Å²) in [6.07, 6.45) is -0.748. The van der Waals surface area contributed by atoms with Gasteiger partial charge < -0.3 is 9.47 Å². The van der Waals surface area contributed by atoms with Crippen LogP contribution in [0.1, 0.15) is 23.3 Å². The SMILES string of the molecule is F[C@]12CO[C@H](c3ccccc3)C1CO[C@H]2c1ccccc1. The number of ether oxygens (including phenoxy) is 2. The van der Waals surface area contributed by atoms with E-state index in [9.17, 15) is 0 Å². The molecule has 2 heterocycles. The third-order valence-electron chi connectivity index (χ3n) is 4.57. The van der Waals surface area contributed by atoms with Gasteiger partial charge in [0.1, 0.15) is 6.10 Å². The van der Waals surface area contributed by atoms with Gasteiger partial charge in [0.25, 0.3) is 0 Å². The van der Waals surface area contributed by atoms with Crippen LogP contribution in [0.5, 0.6) is 0 Å². The van der Waals surface area contributed by atoms with Gasteiger partial charge in [-0.25, -0.2) is 4.39 Å². The van der Waals surface area contributed by atoms with Crippen molar-refractivity contribution in [2.24, 2.45) is 5.92 Å². The molecule has 4 atom stereocenters. The molecule has 2 aromatic rings. The molecule has 108 valence electrons. The first-order valence-electron chi connectivity index (χ1n) is 7.31. The van der Waals surface area contributed by atoms with Crippen LogP contribution in [-0.2, 0) is 9.47 Å². The lowest BCUT2D eigenvalue weighted by molar-refractivity contribution is -0.0181. The number of rotatable bonds is 2. The standard InChI is InChI=1S/C18H17FO2/c19-18-12-21-16(13-7-3-1-4-8-13)15(18)11-20-17(18)14-9-5-2-6-10-14/h1-10,15-17H,11-12H2/t15?,16-,17+,18-/m1/s1. The maximum atomic E-state index is 15.5. The van der Waals surface area contributed by atoms with Gasteiger partial charge in [-0.15, -0.1) is 0 Å². The molecule has 2 aliphatic rings. The van der Waals surface area contributed by atoms with Crippen molar-refractivity contribution in [2.75, 3.05) is 13.2 Å². The second-order valence-corrected chi connectivity index (χ2v) is 5.80. The Morgan fingerprint density at radius 2 is 1.48 bits per heavy atom. The zero-order valence-corrected chi connectivity index (χ0v) is 11.6. The van der Waals surface area contributed by atoms with Gasteiger partial charge in [-0.1, -0.05) is 60.7 Å². The van der Waals surface area contributed by atoms with Crippen molar-refractivity contribution in [3.8, 4) is 0 Å². The van der Waals surface area contributed by atoms with Crippen molar-refractivity contribution < 1.29 is 13.9 Å². The maximum absolute atomic E-state index is 15.5. The predicted octanol–water partition coefficient (Wildman–Crippen LogP) is 3.85. The lowest BCUT2D eigenvalue weighted by Crippen LogP contribution is -2.34. The molecule has 1 unspecified atom stereocenters. The highest BCUT2D eigenvalue weighted by Gasteiger charge is 2.60. The molecule has 0 aliphatic carbocycles. The molecule has 0 saturated carbocycles. The molecule has 0 radical (unpaired) electrons. The molecule has 0 aromatic heterocycles. The smallest absolute Gasteiger partial charge is 0.172 e. The minimum Gasteiger partial charge on any atom is -0.370 e. The summed E-state index contributed by atoms with van der Waals surface area (Å²) in [7, 11) is 0. The summed E-state index contributed by atoms with van der Waals surface area (Å²) in [4.78, 5) is 0. The Hall–Kier alpha value is -1.71. The monoisotopic (exact) mass is 284 g/mol. The first kappa shape index (κ1) is 13.0. The number of benzene rings is 2. The second kappa shape index (κ2) is 4.93. The van der Waals surface area contributed by atoms with Crippen LogP contribution in [0.4, 0.5) is 4.39 Å². The van der Waals surface area contributed by atoms with E-state index in [-0.39, 0.29) is 18.6 Å². The fourth-order valence-electron chi connectivity index (χ4n) is 3.50. The average Bonchev–Trinajstić information content (AvgIpc) is 3.03. The zero-order chi connectivity index (χ0) is 14.3. The molecular formula is C18H17FO2. The number of hydrogen-bond acceptors (Lipinski definition) is 2. The predicted molar refractivity (Wildman–Crippen MR) is 77.6 cm³/mol. The van der Waals surface area contributed by atoms with E-state index in [2.05, 4.69) is 0 Å². The summed E-state index contributed by atoms with van der Waals surface area (Å²) in [6, 6.07) is 19.5. The normalized spacial score (nSPS) is 34.8. The van der Waals surface area contributed by atoms with Crippen molar-refractivity contribution in [1.82, 2.24) is 0 Å². The van der Waals surface area contributed by atoms with Gasteiger partial charge in [0, 0.05) is 0 Å². The van der Waals surface area contributed by atoms with Crippen LogP contribution in [0.3, 0.4) is 0 Å². The molecule has 2 aliphatic heterocycles. The minimum absolute atomic E-state index is 0.0940. The highest BCUT2D eigenvalue weighted by molar-refractivity contribution is 5.28. The highest BCUT2D eigenvalue weighted by Crippen LogP contribution is 2.55. The Balaban J connectivity index is 1.66. The van der Waals surface area contributed by atoms with Crippen molar-refractivity contribution in [3.63, 3.8) is 0 Å². The van der Waals surface area contributed by atoms with Crippen LogP contribution in [0, 0.1) is 5.92 Å². The van der Waals surface area contributed by atoms with E-state index in [1.54, 1.807) is 0 Å². The van der Waals surface area contributed by atoms with Gasteiger partial charge in [0.15, 0.2) is 5.67 Å². The first-order valence-corrected chi connectivity index (χ1v) is 7.31. The van der Waals surface area contributed by atoms with E-state index in [1.807, 2.05) is 60.7 Å². The van der Waals surface area contributed by atoms with Gasteiger partial charge >= 0.3 is 0 Å². The van der Waals surface area contributed by atoms with Crippen molar-refractivity contribution >= 4 is 0 Å². The Kier molecular flexibility index (Phi) is 3.05. The molecule has 2 fully saturated rings. The summed E-state index contributed by atoms with van der Waals surface area (Å²) in [6.45, 7) is 0.492. The largest absolute Gasteiger partial charge is 0.370 e. The summed E-state index contributed by atoms with van der Waals surface area (Å²) < 4.78 is 27.1. The number of alkyl halides is 1. The maximum Gasteiger partial charge on any atom is 0.172 e. The van der Waals surface area contributed by atoms with E-state index in [0.717, 1.165) is 11.1 Å². The highest BCUT2D eigenvalue weighted by atomic mass is 19.1. The first-order chi connectivity index (χ1) is 10.3. The van der Waals surface area contributed by atoms with Crippen molar-refractivity contribution in [3.05, 3.63) is 71.8 Å². The van der Waals surface area contributed by atoms with Crippen molar-refractivity contribution in [2.45, 2.75) is 17.9 Å². The van der Waals surface area contributed by atoms with Gasteiger partial charge in [-0.3, -0.25) is 0 Å². The van der Waals surface area contributed by atoms with Gasteiger partial charge in [-0.2, -0.15) is 0 Å². The van der Waals surface area contributed by atoms with Crippen molar-refractivity contribution in [1.29, 1.82) is 0 Å². The molecule has 0 amide bonds. The van der Waals surface area contributed by atoms with E-state index in [1.165, 1.54) is 0 Å². The number of halogens is 1. The Labute approximate surface area is 123 Å². The number of hydrogen-bond donors (Lipinski definition) is 0. The fourth-order valence-corrected chi connectivity index (χ4v) is 3.50. The van der Waals surface area contributed by atoms with Crippen LogP contribution in [0.2, 0.25) is 0 Å². The lowest BCUT2D eigenvalue weighted by Gasteiger charge is -2.24. The molecule has 0 spiro atoms. The molecule has 0 N–H and O–H groups in total. The fraction of sp³-hybridized carbons (Fsp3) is 0.333. The van der Waals surface area contributed by atoms with E-state index < -0.39 is 11.8 Å². The lowest BCUT2D eigenvalue weighted by atomic mass is 9.82. The van der Waals surface area contributed by atoms with E-state index in [0.29, 0.717) is 6.61 Å². The summed E-state index contributed by atoms with van der Waals surface area (Å²) in [5.74, 6) is -0.245. The molecule has 2 saturated heterocycles. The second-order valence-electron chi connectivity index (χ2n) is 5.80. The quantitative estimate of drug-likeness (QED) is 0.834. The van der Waals surface area contributed by atoms with Crippen LogP contribution < -0.4 is 0 Å². The van der Waals surface area contributed by atoms with E-state index >= 15 is 4.39 Å². The molecule has 4 rings (SSSR count). The summed E-state index contributed by atoms with van der Waals surface area (Å²) in [5, 5.41) is 0. The van der Waals surface area contributed by atoms with Crippen LogP contribution in [0.25, 0.3) is 0 Å². The van der Waals surface area contributed by atoms with Gasteiger partial charge in [-0.05, 0) is 11.1 Å². The van der Waals surface area contributed by atoms with Crippen LogP contribution in [-0.4, -0.2) is 18.9 Å². The van der Waals surface area contributed by atoms with Crippen LogP contribution in [0.15, 0.2) is 60.7 Å². The molecule has 2 nitrogen and oxygen atoms in total. The Bertz CT molecular complexity index is 616. The third kappa shape index (κ3) is 2.00. The summed E-state index contributed by atoms with van der Waals surface area (Å²) >= 11 is 0. The van der Waals surface area contributed by atoms with Gasteiger partial charge in [0.2, 0.25) is 0 Å². The third-order valence-corrected chi connectivity index (χ3v) is 4.57. The Morgan fingerprint density at radius 3 is 2.14 bits per heavy atom.